The first-order valence-corrected chi connectivity index (χ1v) is 12.9. The molecule has 1 aliphatic carbocycles. The minimum Gasteiger partial charge on any atom is -0.444 e. The Balaban J connectivity index is 1.64. The predicted molar refractivity (Wildman–Crippen MR) is 135 cm³/mol. The average Bonchev–Trinajstić information content (AvgIpc) is 3.17. The largest absolute Gasteiger partial charge is 0.444 e. The number of amides is 1. The summed E-state index contributed by atoms with van der Waals surface area (Å²) in [7, 11) is 1.68. The van der Waals surface area contributed by atoms with Gasteiger partial charge < -0.3 is 24.8 Å². The van der Waals surface area contributed by atoms with Crippen molar-refractivity contribution in [3.05, 3.63) is 23.5 Å². The number of fused-ring (bicyclic) bond motifs is 1. The number of carbonyl (C=O) groups is 1. The third kappa shape index (κ3) is 6.25. The molecule has 1 saturated carbocycles. The molecule has 1 saturated heterocycles. The van der Waals surface area contributed by atoms with Gasteiger partial charge in [0.25, 0.3) is 0 Å². The van der Waals surface area contributed by atoms with E-state index in [0.717, 1.165) is 44.0 Å². The number of aromatic nitrogens is 3. The van der Waals surface area contributed by atoms with Gasteiger partial charge in [-0.2, -0.15) is 0 Å². The summed E-state index contributed by atoms with van der Waals surface area (Å²) < 4.78 is 12.9. The molecule has 2 aromatic heterocycles. The number of aliphatic hydroxyl groups is 1. The van der Waals surface area contributed by atoms with Crippen LogP contribution in [0.25, 0.3) is 5.52 Å². The molecule has 2 N–H and O–H groups in total. The molecule has 1 aliphatic heterocycles. The first kappa shape index (κ1) is 25.7. The number of aliphatic hydroxyl groups excluding tert-OH is 1. The Labute approximate surface area is 208 Å². The molecule has 9 nitrogen and oxygen atoms in total. The van der Waals surface area contributed by atoms with E-state index >= 15 is 0 Å². The van der Waals surface area contributed by atoms with E-state index in [9.17, 15) is 9.90 Å². The van der Waals surface area contributed by atoms with Gasteiger partial charge in [0.05, 0.1) is 24.4 Å². The molecule has 1 amide bonds. The summed E-state index contributed by atoms with van der Waals surface area (Å²) in [5, 5.41) is 18.3. The van der Waals surface area contributed by atoms with Crippen LogP contribution in [0.1, 0.15) is 89.3 Å². The molecule has 0 bridgehead atoms. The summed E-state index contributed by atoms with van der Waals surface area (Å²) in [4.78, 5) is 19.2. The van der Waals surface area contributed by atoms with Crippen molar-refractivity contribution in [3.8, 4) is 0 Å². The summed E-state index contributed by atoms with van der Waals surface area (Å²) in [5.74, 6) is 1.11. The standard InChI is InChI=1S/C26H41N5O4/c1-17(16-34-5)28-24-27-14-23-21(13-22(31(23)29-24)18-8-10-20(32)11-9-18)19-7-6-12-30(15-19)25(33)35-26(2,3)4/h13-14,17-20,32H,6-12,15-16H2,1-5H3,(H,28,29)/t17-,18?,19-,20?/m0/s1. The zero-order valence-electron chi connectivity index (χ0n) is 21.8. The van der Waals surface area contributed by atoms with Gasteiger partial charge in [0.1, 0.15) is 5.60 Å². The van der Waals surface area contributed by atoms with Gasteiger partial charge in [0, 0.05) is 43.8 Å². The van der Waals surface area contributed by atoms with Gasteiger partial charge in [0.15, 0.2) is 0 Å². The number of methoxy groups -OCH3 is 1. The van der Waals surface area contributed by atoms with Crippen LogP contribution >= 0.6 is 0 Å². The smallest absolute Gasteiger partial charge is 0.410 e. The van der Waals surface area contributed by atoms with E-state index in [1.165, 1.54) is 11.3 Å². The Morgan fingerprint density at radius 1 is 1.23 bits per heavy atom. The summed E-state index contributed by atoms with van der Waals surface area (Å²) in [5.41, 5.74) is 2.84. The van der Waals surface area contributed by atoms with Crippen LogP contribution in [0.3, 0.4) is 0 Å². The molecule has 2 fully saturated rings. The molecule has 9 heteroatoms. The maximum Gasteiger partial charge on any atom is 0.410 e. The summed E-state index contributed by atoms with van der Waals surface area (Å²) in [6.45, 7) is 9.64. The number of ether oxygens (including phenoxy) is 2. The highest BCUT2D eigenvalue weighted by atomic mass is 16.6. The van der Waals surface area contributed by atoms with E-state index in [0.29, 0.717) is 31.6 Å². The molecule has 3 heterocycles. The molecule has 2 aliphatic rings. The molecule has 2 aromatic rings. The van der Waals surface area contributed by atoms with Crippen molar-refractivity contribution >= 4 is 17.6 Å². The Morgan fingerprint density at radius 2 is 1.97 bits per heavy atom. The third-order valence-electron chi connectivity index (χ3n) is 7.00. The lowest BCUT2D eigenvalue weighted by Gasteiger charge is -2.34. The second-order valence-electron chi connectivity index (χ2n) is 11.2. The number of piperidine rings is 1. The van der Waals surface area contributed by atoms with Crippen LogP contribution in [0.4, 0.5) is 10.7 Å². The van der Waals surface area contributed by atoms with Crippen molar-refractivity contribution in [3.63, 3.8) is 0 Å². The van der Waals surface area contributed by atoms with Gasteiger partial charge in [-0.25, -0.2) is 14.3 Å². The monoisotopic (exact) mass is 487 g/mol. The molecule has 2 atom stereocenters. The van der Waals surface area contributed by atoms with Crippen molar-refractivity contribution in [2.75, 3.05) is 32.1 Å². The highest BCUT2D eigenvalue weighted by molar-refractivity contribution is 5.69. The highest BCUT2D eigenvalue weighted by Crippen LogP contribution is 2.38. The second kappa shape index (κ2) is 10.7. The van der Waals surface area contributed by atoms with E-state index in [2.05, 4.69) is 16.4 Å². The fraction of sp³-hybridized carbons (Fsp3) is 0.731. The molecule has 194 valence electrons. The molecular formula is C26H41N5O4. The van der Waals surface area contributed by atoms with Crippen LogP contribution in [-0.4, -0.2) is 75.3 Å². The Morgan fingerprint density at radius 3 is 2.66 bits per heavy atom. The van der Waals surface area contributed by atoms with Crippen molar-refractivity contribution < 1.29 is 19.4 Å². The van der Waals surface area contributed by atoms with Gasteiger partial charge >= 0.3 is 6.09 Å². The topological polar surface area (TPSA) is 101 Å². The lowest BCUT2D eigenvalue weighted by atomic mass is 9.84. The summed E-state index contributed by atoms with van der Waals surface area (Å²) in [6, 6.07) is 2.36. The maximum atomic E-state index is 12.8. The van der Waals surface area contributed by atoms with Crippen LogP contribution in [0.15, 0.2) is 12.3 Å². The predicted octanol–water partition coefficient (Wildman–Crippen LogP) is 4.31. The van der Waals surface area contributed by atoms with Crippen molar-refractivity contribution in [1.82, 2.24) is 19.5 Å². The molecule has 0 aromatic carbocycles. The average molecular weight is 488 g/mol. The van der Waals surface area contributed by atoms with Crippen LogP contribution in [0, 0.1) is 0 Å². The highest BCUT2D eigenvalue weighted by Gasteiger charge is 2.32. The summed E-state index contributed by atoms with van der Waals surface area (Å²) in [6.07, 6.45) is 6.88. The molecule has 35 heavy (non-hydrogen) atoms. The van der Waals surface area contributed by atoms with Gasteiger partial charge in [-0.05, 0) is 77.8 Å². The van der Waals surface area contributed by atoms with E-state index in [-0.39, 0.29) is 24.2 Å². The zero-order chi connectivity index (χ0) is 25.2. The molecule has 0 radical (unpaired) electrons. The van der Waals surface area contributed by atoms with Crippen molar-refractivity contribution in [1.29, 1.82) is 0 Å². The third-order valence-corrected chi connectivity index (χ3v) is 7.00. The summed E-state index contributed by atoms with van der Waals surface area (Å²) >= 11 is 0. The Kier molecular flexibility index (Phi) is 7.86. The lowest BCUT2D eigenvalue weighted by Crippen LogP contribution is -2.42. The fourth-order valence-corrected chi connectivity index (χ4v) is 5.33. The molecular weight excluding hydrogens is 446 g/mol. The Bertz CT molecular complexity index is 1010. The number of nitrogens with one attached hydrogen (secondary N) is 1. The van der Waals surface area contributed by atoms with E-state index in [1.54, 1.807) is 7.11 Å². The number of likely N-dealkylation sites (tertiary alicyclic amines) is 1. The van der Waals surface area contributed by atoms with Crippen LogP contribution in [0.2, 0.25) is 0 Å². The number of hydrogen-bond acceptors (Lipinski definition) is 7. The van der Waals surface area contributed by atoms with Gasteiger partial charge in [-0.15, -0.1) is 5.10 Å². The maximum absolute atomic E-state index is 12.8. The van der Waals surface area contributed by atoms with Gasteiger partial charge in [-0.3, -0.25) is 0 Å². The number of rotatable bonds is 6. The lowest BCUT2D eigenvalue weighted by molar-refractivity contribution is 0.0198. The SMILES string of the molecule is COC[C@H](C)Nc1ncc2c([C@H]3CCCN(C(=O)OC(C)(C)C)C3)cc(C3CCC(O)CC3)n2n1. The van der Waals surface area contributed by atoms with Crippen LogP contribution < -0.4 is 5.32 Å². The van der Waals surface area contributed by atoms with Crippen LogP contribution in [0.5, 0.6) is 0 Å². The number of hydrogen-bond donors (Lipinski definition) is 2. The quantitative estimate of drug-likeness (QED) is 0.626. The van der Waals surface area contributed by atoms with Crippen LogP contribution in [-0.2, 0) is 9.47 Å². The molecule has 0 spiro atoms. The first-order chi connectivity index (χ1) is 16.6. The Hall–Kier alpha value is -2.39. The molecule has 4 rings (SSSR count). The van der Waals surface area contributed by atoms with Crippen molar-refractivity contribution in [2.24, 2.45) is 0 Å². The minimum absolute atomic E-state index is 0.0847. The zero-order valence-corrected chi connectivity index (χ0v) is 21.8. The minimum atomic E-state index is -0.511. The fourth-order valence-electron chi connectivity index (χ4n) is 5.33. The second-order valence-corrected chi connectivity index (χ2v) is 11.2. The number of anilines is 1. The van der Waals surface area contributed by atoms with Crippen molar-refractivity contribution in [2.45, 2.75) is 95.8 Å². The first-order valence-electron chi connectivity index (χ1n) is 12.9. The number of nitrogens with zero attached hydrogens (tertiary/aromatic N) is 4. The van der Waals surface area contributed by atoms with Gasteiger partial charge in [-0.1, -0.05) is 0 Å². The molecule has 0 unspecified atom stereocenters. The number of carbonyl (C=O) groups excluding carboxylic acids is 1. The van der Waals surface area contributed by atoms with Gasteiger partial charge in [0.2, 0.25) is 5.95 Å². The van der Waals surface area contributed by atoms with E-state index in [4.69, 9.17) is 14.6 Å². The van der Waals surface area contributed by atoms with E-state index in [1.807, 2.05) is 43.3 Å². The normalized spacial score (nSPS) is 24.4. The van der Waals surface area contributed by atoms with E-state index < -0.39 is 5.60 Å².